The smallest absolute Gasteiger partial charge is 0.405 e. The van der Waals surface area contributed by atoms with Crippen LogP contribution in [-0.4, -0.2) is 29.5 Å². The van der Waals surface area contributed by atoms with Gasteiger partial charge in [0.25, 0.3) is 5.69 Å². The number of carbonyl (C=O) groups is 1. The number of nitrogens with zero attached hydrogens (tertiary/aromatic N) is 2. The standard InChI is InChI=1S/C19H15N3O6S/c23-19(24)21-18(13-6-8-14(9-7-13)22(25)26)17-11-10-16(12-20-17)29(27,28)15-4-2-1-3-5-15/h1-12,18,21H,(H,23,24). The molecule has 3 aromatic rings. The summed E-state index contributed by atoms with van der Waals surface area (Å²) in [5.41, 5.74) is 0.525. The number of amides is 1. The van der Waals surface area contributed by atoms with Gasteiger partial charge in [-0.3, -0.25) is 15.1 Å². The van der Waals surface area contributed by atoms with Crippen molar-refractivity contribution < 1.29 is 23.2 Å². The molecule has 148 valence electrons. The molecule has 0 spiro atoms. The number of pyridine rings is 1. The first kappa shape index (κ1) is 20.0. The molecule has 0 saturated heterocycles. The van der Waals surface area contributed by atoms with Gasteiger partial charge in [0.2, 0.25) is 9.84 Å². The van der Waals surface area contributed by atoms with Gasteiger partial charge in [0.05, 0.1) is 26.5 Å². The Hall–Kier alpha value is -3.79. The van der Waals surface area contributed by atoms with Crippen molar-refractivity contribution in [2.75, 3.05) is 0 Å². The van der Waals surface area contributed by atoms with Crippen LogP contribution in [0.5, 0.6) is 0 Å². The van der Waals surface area contributed by atoms with Gasteiger partial charge in [-0.2, -0.15) is 0 Å². The van der Waals surface area contributed by atoms with E-state index in [-0.39, 0.29) is 21.2 Å². The number of carboxylic acid groups (broad SMARTS) is 1. The van der Waals surface area contributed by atoms with Crippen LogP contribution in [0.2, 0.25) is 0 Å². The topological polar surface area (TPSA) is 140 Å². The maximum absolute atomic E-state index is 12.7. The van der Waals surface area contributed by atoms with Gasteiger partial charge in [0.15, 0.2) is 0 Å². The molecule has 0 radical (unpaired) electrons. The second kappa shape index (κ2) is 8.07. The highest BCUT2D eigenvalue weighted by atomic mass is 32.2. The molecule has 0 fully saturated rings. The normalized spacial score (nSPS) is 12.1. The Labute approximate surface area is 165 Å². The van der Waals surface area contributed by atoms with Crippen molar-refractivity contribution in [2.24, 2.45) is 0 Å². The van der Waals surface area contributed by atoms with Gasteiger partial charge in [0.1, 0.15) is 0 Å². The molecule has 1 atom stereocenters. The molecule has 0 bridgehead atoms. The van der Waals surface area contributed by atoms with Crippen molar-refractivity contribution in [3.63, 3.8) is 0 Å². The Bertz CT molecular complexity index is 1130. The summed E-state index contributed by atoms with van der Waals surface area (Å²) in [5, 5.41) is 22.2. The summed E-state index contributed by atoms with van der Waals surface area (Å²) in [6.45, 7) is 0. The molecule has 10 heteroatoms. The quantitative estimate of drug-likeness (QED) is 0.467. The molecule has 3 rings (SSSR count). The van der Waals surface area contributed by atoms with Gasteiger partial charge in [-0.1, -0.05) is 18.2 Å². The zero-order chi connectivity index (χ0) is 21.0. The van der Waals surface area contributed by atoms with Crippen molar-refractivity contribution in [1.82, 2.24) is 10.3 Å². The van der Waals surface area contributed by atoms with E-state index in [1.165, 1.54) is 48.5 Å². The number of non-ortho nitro benzene ring substituents is 1. The van der Waals surface area contributed by atoms with Crippen LogP contribution in [-0.2, 0) is 9.84 Å². The number of sulfone groups is 1. The highest BCUT2D eigenvalue weighted by molar-refractivity contribution is 7.91. The lowest BCUT2D eigenvalue weighted by Crippen LogP contribution is -2.28. The molecule has 2 N–H and O–H groups in total. The van der Waals surface area contributed by atoms with E-state index in [1.807, 2.05) is 0 Å². The average Bonchev–Trinajstić information content (AvgIpc) is 2.73. The van der Waals surface area contributed by atoms with Crippen LogP contribution >= 0.6 is 0 Å². The highest BCUT2D eigenvalue weighted by Crippen LogP contribution is 2.25. The van der Waals surface area contributed by atoms with Gasteiger partial charge in [0, 0.05) is 18.3 Å². The lowest BCUT2D eigenvalue weighted by atomic mass is 10.0. The first-order valence-corrected chi connectivity index (χ1v) is 9.77. The van der Waals surface area contributed by atoms with Crippen LogP contribution < -0.4 is 5.32 Å². The summed E-state index contributed by atoms with van der Waals surface area (Å²) in [6.07, 6.45) is -0.171. The zero-order valence-corrected chi connectivity index (χ0v) is 15.6. The van der Waals surface area contributed by atoms with E-state index in [2.05, 4.69) is 10.3 Å². The SMILES string of the molecule is O=C(O)NC(c1ccc([N+](=O)[O-])cc1)c1ccc(S(=O)(=O)c2ccccc2)cn1. The van der Waals surface area contributed by atoms with E-state index in [4.69, 9.17) is 5.11 Å². The van der Waals surface area contributed by atoms with E-state index in [1.54, 1.807) is 18.2 Å². The Morgan fingerprint density at radius 3 is 2.17 bits per heavy atom. The van der Waals surface area contributed by atoms with E-state index in [0.717, 1.165) is 6.20 Å². The lowest BCUT2D eigenvalue weighted by Gasteiger charge is -2.17. The molecule has 0 saturated carbocycles. The molecule has 29 heavy (non-hydrogen) atoms. The third-order valence-electron chi connectivity index (χ3n) is 4.12. The predicted octanol–water partition coefficient (Wildman–Crippen LogP) is 3.18. The fourth-order valence-electron chi connectivity index (χ4n) is 2.70. The minimum Gasteiger partial charge on any atom is -0.465 e. The van der Waals surface area contributed by atoms with Crippen LogP contribution in [0.3, 0.4) is 0 Å². The van der Waals surface area contributed by atoms with Crippen molar-refractivity contribution in [2.45, 2.75) is 15.8 Å². The summed E-state index contributed by atoms with van der Waals surface area (Å²) in [4.78, 5) is 25.6. The Morgan fingerprint density at radius 1 is 1.00 bits per heavy atom. The molecule has 0 aliphatic rings. The van der Waals surface area contributed by atoms with Crippen LogP contribution in [0.1, 0.15) is 17.3 Å². The summed E-state index contributed by atoms with van der Waals surface area (Å²) in [6, 6.07) is 15.0. The predicted molar refractivity (Wildman–Crippen MR) is 102 cm³/mol. The third kappa shape index (κ3) is 4.38. The van der Waals surface area contributed by atoms with E-state index in [9.17, 15) is 23.3 Å². The number of rotatable bonds is 6. The number of benzene rings is 2. The number of aromatic nitrogens is 1. The van der Waals surface area contributed by atoms with Gasteiger partial charge < -0.3 is 10.4 Å². The summed E-state index contributed by atoms with van der Waals surface area (Å²) in [7, 11) is -3.76. The van der Waals surface area contributed by atoms with Crippen molar-refractivity contribution in [1.29, 1.82) is 0 Å². The van der Waals surface area contributed by atoms with E-state index >= 15 is 0 Å². The Kier molecular flexibility index (Phi) is 5.55. The second-order valence-corrected chi connectivity index (χ2v) is 7.92. The second-order valence-electron chi connectivity index (χ2n) is 5.97. The van der Waals surface area contributed by atoms with Crippen LogP contribution in [0, 0.1) is 10.1 Å². The zero-order valence-electron chi connectivity index (χ0n) is 14.8. The number of nitrogens with one attached hydrogen (secondary N) is 1. The molecule has 0 aliphatic heterocycles. The summed E-state index contributed by atoms with van der Waals surface area (Å²) < 4.78 is 25.3. The van der Waals surface area contributed by atoms with Crippen LogP contribution in [0.25, 0.3) is 0 Å². The lowest BCUT2D eigenvalue weighted by molar-refractivity contribution is -0.384. The van der Waals surface area contributed by atoms with Crippen molar-refractivity contribution in [3.8, 4) is 0 Å². The van der Waals surface area contributed by atoms with Crippen molar-refractivity contribution in [3.05, 3.63) is 94.3 Å². The molecule has 2 aromatic carbocycles. The molecule has 9 nitrogen and oxygen atoms in total. The molecular weight excluding hydrogens is 398 g/mol. The van der Waals surface area contributed by atoms with Gasteiger partial charge >= 0.3 is 6.09 Å². The van der Waals surface area contributed by atoms with Crippen LogP contribution in [0.15, 0.2) is 82.7 Å². The number of nitro groups is 1. The minimum atomic E-state index is -3.76. The monoisotopic (exact) mass is 413 g/mol. The average molecular weight is 413 g/mol. The number of nitro benzene ring substituents is 1. The molecule has 1 unspecified atom stereocenters. The Morgan fingerprint density at radius 2 is 1.66 bits per heavy atom. The number of hydrogen-bond acceptors (Lipinski definition) is 6. The molecule has 1 amide bonds. The Balaban J connectivity index is 1.95. The fourth-order valence-corrected chi connectivity index (χ4v) is 3.92. The van der Waals surface area contributed by atoms with Gasteiger partial charge in [-0.05, 0) is 42.0 Å². The summed E-state index contributed by atoms with van der Waals surface area (Å²) >= 11 is 0. The van der Waals surface area contributed by atoms with Gasteiger partial charge in [-0.25, -0.2) is 13.2 Å². The minimum absolute atomic E-state index is 0.0368. The third-order valence-corrected chi connectivity index (χ3v) is 5.88. The molecular formula is C19H15N3O6S. The summed E-state index contributed by atoms with van der Waals surface area (Å²) in [5.74, 6) is 0. The van der Waals surface area contributed by atoms with Gasteiger partial charge in [-0.15, -0.1) is 0 Å². The molecule has 1 heterocycles. The first-order valence-electron chi connectivity index (χ1n) is 8.29. The van der Waals surface area contributed by atoms with E-state index < -0.39 is 26.9 Å². The maximum Gasteiger partial charge on any atom is 0.405 e. The first-order chi connectivity index (χ1) is 13.8. The molecule has 0 aliphatic carbocycles. The van der Waals surface area contributed by atoms with Crippen molar-refractivity contribution >= 4 is 21.6 Å². The number of hydrogen-bond donors (Lipinski definition) is 2. The van der Waals surface area contributed by atoms with E-state index in [0.29, 0.717) is 5.56 Å². The fraction of sp³-hybridized carbons (Fsp3) is 0.0526. The largest absolute Gasteiger partial charge is 0.465 e. The van der Waals surface area contributed by atoms with Crippen LogP contribution in [0.4, 0.5) is 10.5 Å². The molecule has 1 aromatic heterocycles. The maximum atomic E-state index is 12.7. The highest BCUT2D eigenvalue weighted by Gasteiger charge is 2.22.